The number of amides is 2. The SMILES string of the molecule is C[C@](O)(CNC(=O)NCc1ccc2c(c1)OCO2)CN1CCOCC1. The van der Waals surface area contributed by atoms with Crippen molar-refractivity contribution in [3.8, 4) is 11.5 Å². The third kappa shape index (κ3) is 5.22. The summed E-state index contributed by atoms with van der Waals surface area (Å²) in [5.41, 5.74) is -0.0764. The van der Waals surface area contributed by atoms with E-state index in [-0.39, 0.29) is 19.4 Å². The van der Waals surface area contributed by atoms with Crippen LogP contribution in [-0.4, -0.2) is 67.8 Å². The highest BCUT2D eigenvalue weighted by Gasteiger charge is 2.25. The number of carbonyl (C=O) groups is 1. The summed E-state index contributed by atoms with van der Waals surface area (Å²) in [5.74, 6) is 1.40. The highest BCUT2D eigenvalue weighted by Crippen LogP contribution is 2.32. The topological polar surface area (TPSA) is 92.3 Å². The fourth-order valence-electron chi connectivity index (χ4n) is 2.86. The molecule has 1 fully saturated rings. The first kappa shape index (κ1) is 17.8. The number of hydrogen-bond donors (Lipinski definition) is 3. The Kier molecular flexibility index (Phi) is 5.62. The molecule has 2 heterocycles. The van der Waals surface area contributed by atoms with E-state index in [1.807, 2.05) is 18.2 Å². The average molecular weight is 351 g/mol. The molecule has 2 aliphatic heterocycles. The molecule has 0 radical (unpaired) electrons. The van der Waals surface area contributed by atoms with Crippen LogP contribution in [0, 0.1) is 0 Å². The Balaban J connectivity index is 1.39. The van der Waals surface area contributed by atoms with Gasteiger partial charge in [0.05, 0.1) is 18.8 Å². The summed E-state index contributed by atoms with van der Waals surface area (Å²) in [4.78, 5) is 14.1. The number of benzene rings is 1. The van der Waals surface area contributed by atoms with Crippen LogP contribution in [0.25, 0.3) is 0 Å². The van der Waals surface area contributed by atoms with Crippen LogP contribution in [0.4, 0.5) is 4.79 Å². The van der Waals surface area contributed by atoms with E-state index in [1.165, 1.54) is 0 Å². The number of nitrogens with zero attached hydrogens (tertiary/aromatic N) is 1. The predicted octanol–water partition coefficient (Wildman–Crippen LogP) is 0.298. The summed E-state index contributed by atoms with van der Waals surface area (Å²) in [6.07, 6.45) is 0. The third-order valence-corrected chi connectivity index (χ3v) is 4.19. The number of aliphatic hydroxyl groups is 1. The Hall–Kier alpha value is -2.03. The maximum Gasteiger partial charge on any atom is 0.315 e. The molecule has 1 saturated heterocycles. The highest BCUT2D eigenvalue weighted by atomic mass is 16.7. The molecule has 0 saturated carbocycles. The molecule has 0 spiro atoms. The van der Waals surface area contributed by atoms with Crippen LogP contribution in [0.3, 0.4) is 0 Å². The fourth-order valence-corrected chi connectivity index (χ4v) is 2.86. The molecule has 8 heteroatoms. The predicted molar refractivity (Wildman–Crippen MR) is 90.7 cm³/mol. The molecule has 8 nitrogen and oxygen atoms in total. The van der Waals surface area contributed by atoms with Crippen LogP contribution < -0.4 is 20.1 Å². The molecule has 3 rings (SSSR count). The van der Waals surface area contributed by atoms with Crippen molar-refractivity contribution in [1.82, 2.24) is 15.5 Å². The van der Waals surface area contributed by atoms with E-state index in [0.717, 1.165) is 18.7 Å². The Morgan fingerprint density at radius 2 is 2.00 bits per heavy atom. The monoisotopic (exact) mass is 351 g/mol. The van der Waals surface area contributed by atoms with Crippen LogP contribution >= 0.6 is 0 Å². The second-order valence-corrected chi connectivity index (χ2v) is 6.61. The molecule has 0 aliphatic carbocycles. The van der Waals surface area contributed by atoms with Gasteiger partial charge in [-0.3, -0.25) is 4.90 Å². The summed E-state index contributed by atoms with van der Waals surface area (Å²) in [5, 5.41) is 15.9. The van der Waals surface area contributed by atoms with E-state index in [0.29, 0.717) is 37.8 Å². The lowest BCUT2D eigenvalue weighted by atomic mass is 10.1. The van der Waals surface area contributed by atoms with Crippen LogP contribution in [0.2, 0.25) is 0 Å². The van der Waals surface area contributed by atoms with Crippen molar-refractivity contribution in [1.29, 1.82) is 0 Å². The summed E-state index contributed by atoms with van der Waals surface area (Å²) in [7, 11) is 0. The zero-order valence-corrected chi connectivity index (χ0v) is 14.4. The normalized spacial score (nSPS) is 19.3. The van der Waals surface area contributed by atoms with Gasteiger partial charge in [-0.1, -0.05) is 6.07 Å². The van der Waals surface area contributed by atoms with Crippen molar-refractivity contribution < 1.29 is 24.1 Å². The molecule has 2 aliphatic rings. The first-order chi connectivity index (χ1) is 12.0. The minimum absolute atomic E-state index is 0.178. The Morgan fingerprint density at radius 3 is 2.80 bits per heavy atom. The quantitative estimate of drug-likeness (QED) is 0.683. The molecule has 1 aromatic rings. The van der Waals surface area contributed by atoms with Gasteiger partial charge < -0.3 is 30.0 Å². The number of carbonyl (C=O) groups excluding carboxylic acids is 1. The van der Waals surface area contributed by atoms with Gasteiger partial charge >= 0.3 is 6.03 Å². The number of β-amino-alcohol motifs (C(OH)–C–C–N with tert-alkyl or cyclic N) is 1. The van der Waals surface area contributed by atoms with E-state index in [4.69, 9.17) is 14.2 Å². The second-order valence-electron chi connectivity index (χ2n) is 6.61. The van der Waals surface area contributed by atoms with Gasteiger partial charge in [0.2, 0.25) is 6.79 Å². The van der Waals surface area contributed by atoms with E-state index < -0.39 is 5.60 Å². The summed E-state index contributed by atoms with van der Waals surface area (Å²) < 4.78 is 15.9. The van der Waals surface area contributed by atoms with E-state index in [9.17, 15) is 9.90 Å². The van der Waals surface area contributed by atoms with Gasteiger partial charge in [0, 0.05) is 32.7 Å². The lowest BCUT2D eigenvalue weighted by Gasteiger charge is -2.33. The largest absolute Gasteiger partial charge is 0.454 e. The lowest BCUT2D eigenvalue weighted by Crippen LogP contribution is -2.52. The minimum atomic E-state index is -0.993. The van der Waals surface area contributed by atoms with Gasteiger partial charge in [0.25, 0.3) is 0 Å². The maximum atomic E-state index is 12.0. The van der Waals surface area contributed by atoms with Crippen molar-refractivity contribution in [2.75, 3.05) is 46.2 Å². The number of nitrogens with one attached hydrogen (secondary N) is 2. The van der Waals surface area contributed by atoms with Crippen LogP contribution in [0.1, 0.15) is 12.5 Å². The molecule has 3 N–H and O–H groups in total. The molecule has 0 bridgehead atoms. The van der Waals surface area contributed by atoms with Crippen LogP contribution in [0.15, 0.2) is 18.2 Å². The highest BCUT2D eigenvalue weighted by molar-refractivity contribution is 5.73. The number of hydrogen-bond acceptors (Lipinski definition) is 6. The summed E-state index contributed by atoms with van der Waals surface area (Å²) in [6.45, 7) is 5.95. The minimum Gasteiger partial charge on any atom is -0.454 e. The van der Waals surface area contributed by atoms with Gasteiger partial charge in [-0.2, -0.15) is 0 Å². The van der Waals surface area contributed by atoms with Crippen molar-refractivity contribution >= 4 is 6.03 Å². The zero-order chi connectivity index (χ0) is 17.7. The van der Waals surface area contributed by atoms with Crippen molar-refractivity contribution in [3.63, 3.8) is 0 Å². The molecule has 0 unspecified atom stereocenters. The zero-order valence-electron chi connectivity index (χ0n) is 14.4. The first-order valence-corrected chi connectivity index (χ1v) is 8.45. The Morgan fingerprint density at radius 1 is 1.24 bits per heavy atom. The third-order valence-electron chi connectivity index (χ3n) is 4.19. The molecular formula is C17H25N3O5. The molecular weight excluding hydrogens is 326 g/mol. The number of urea groups is 1. The molecule has 138 valence electrons. The second kappa shape index (κ2) is 7.90. The van der Waals surface area contributed by atoms with E-state index in [1.54, 1.807) is 6.92 Å². The van der Waals surface area contributed by atoms with Gasteiger partial charge in [0.1, 0.15) is 0 Å². The molecule has 2 amide bonds. The summed E-state index contributed by atoms with van der Waals surface area (Å²) in [6, 6.07) is 5.23. The molecule has 0 aromatic heterocycles. The average Bonchev–Trinajstić information content (AvgIpc) is 3.06. The molecule has 25 heavy (non-hydrogen) atoms. The van der Waals surface area contributed by atoms with Crippen LogP contribution in [0.5, 0.6) is 11.5 Å². The Labute approximate surface area is 147 Å². The Bertz CT molecular complexity index is 602. The van der Waals surface area contributed by atoms with E-state index >= 15 is 0 Å². The van der Waals surface area contributed by atoms with Gasteiger partial charge in [0.15, 0.2) is 11.5 Å². The lowest BCUT2D eigenvalue weighted by molar-refractivity contribution is -0.0206. The smallest absolute Gasteiger partial charge is 0.315 e. The van der Waals surface area contributed by atoms with E-state index in [2.05, 4.69) is 15.5 Å². The van der Waals surface area contributed by atoms with Gasteiger partial charge in [-0.25, -0.2) is 4.79 Å². The first-order valence-electron chi connectivity index (χ1n) is 8.45. The van der Waals surface area contributed by atoms with Gasteiger partial charge in [-0.15, -0.1) is 0 Å². The fraction of sp³-hybridized carbons (Fsp3) is 0.588. The standard InChI is InChI=1S/C17H25N3O5/c1-17(22,11-20-4-6-23-7-5-20)10-19-16(21)18-9-13-2-3-14-15(8-13)25-12-24-14/h2-3,8,22H,4-7,9-12H2,1H3,(H2,18,19,21)/t17-/m0/s1. The molecule has 1 aromatic carbocycles. The molecule has 1 atom stereocenters. The maximum absolute atomic E-state index is 12.0. The van der Waals surface area contributed by atoms with Crippen molar-refractivity contribution in [3.05, 3.63) is 23.8 Å². The van der Waals surface area contributed by atoms with Crippen molar-refractivity contribution in [2.24, 2.45) is 0 Å². The van der Waals surface area contributed by atoms with Crippen molar-refractivity contribution in [2.45, 2.75) is 19.1 Å². The number of morpholine rings is 1. The summed E-state index contributed by atoms with van der Waals surface area (Å²) >= 11 is 0. The van der Waals surface area contributed by atoms with Gasteiger partial charge in [-0.05, 0) is 24.6 Å². The number of fused-ring (bicyclic) bond motifs is 1. The van der Waals surface area contributed by atoms with Crippen LogP contribution in [-0.2, 0) is 11.3 Å². The number of rotatable bonds is 6. The number of ether oxygens (including phenoxy) is 3.